The number of imidazole rings is 1. The highest BCUT2D eigenvalue weighted by Gasteiger charge is 2.17. The van der Waals surface area contributed by atoms with E-state index in [2.05, 4.69) is 19.9 Å². The molecule has 5 nitrogen and oxygen atoms in total. The molecule has 0 saturated carbocycles. The topological polar surface area (TPSA) is 77.6 Å². The smallest absolute Gasteiger partial charge is 0.139 e. The Morgan fingerprint density at radius 3 is 2.94 bits per heavy atom. The molecule has 0 saturated heterocycles. The lowest BCUT2D eigenvalue weighted by Crippen LogP contribution is -2.12. The first kappa shape index (κ1) is 10.3. The Morgan fingerprint density at radius 1 is 1.35 bits per heavy atom. The quantitative estimate of drug-likeness (QED) is 0.629. The predicted molar refractivity (Wildman–Crippen MR) is 65.8 cm³/mol. The van der Waals surface area contributed by atoms with Crippen molar-refractivity contribution in [3.63, 3.8) is 0 Å². The number of nitrogens with zero attached hydrogens (tertiary/aromatic N) is 2. The molecule has 0 bridgehead atoms. The Bertz CT molecular complexity index is 667. The van der Waals surface area contributed by atoms with Crippen molar-refractivity contribution in [2.45, 2.75) is 25.9 Å². The number of aliphatic hydroxyl groups is 1. The summed E-state index contributed by atoms with van der Waals surface area (Å²) < 4.78 is 0. The SMILES string of the molecule is CC(O)C(C)c1nc2c(cnc3[nH]ccc32)[nH]1. The van der Waals surface area contributed by atoms with Crippen LogP contribution < -0.4 is 0 Å². The van der Waals surface area contributed by atoms with Gasteiger partial charge < -0.3 is 15.1 Å². The number of pyridine rings is 1. The number of aliphatic hydroxyl groups excluding tert-OH is 1. The molecule has 0 aromatic carbocycles. The first-order valence-corrected chi connectivity index (χ1v) is 5.66. The van der Waals surface area contributed by atoms with E-state index in [1.807, 2.05) is 19.2 Å². The molecule has 0 aliphatic heterocycles. The van der Waals surface area contributed by atoms with Crippen LogP contribution in [0, 0.1) is 0 Å². The fourth-order valence-corrected chi connectivity index (χ4v) is 1.94. The number of H-pyrrole nitrogens is 2. The minimum Gasteiger partial charge on any atom is -0.393 e. The summed E-state index contributed by atoms with van der Waals surface area (Å²) in [4.78, 5) is 15.1. The first-order valence-electron chi connectivity index (χ1n) is 5.66. The normalized spacial score (nSPS) is 15.5. The summed E-state index contributed by atoms with van der Waals surface area (Å²) in [5.74, 6) is 0.780. The fraction of sp³-hybridized carbons (Fsp3) is 0.333. The molecule has 3 aromatic rings. The number of hydrogen-bond acceptors (Lipinski definition) is 3. The average molecular weight is 230 g/mol. The molecule has 2 unspecified atom stereocenters. The number of nitrogens with one attached hydrogen (secondary N) is 2. The molecule has 88 valence electrons. The molecule has 17 heavy (non-hydrogen) atoms. The predicted octanol–water partition coefficient (Wildman–Crippen LogP) is 1.92. The number of rotatable bonds is 2. The van der Waals surface area contributed by atoms with Gasteiger partial charge in [-0.25, -0.2) is 9.97 Å². The highest BCUT2D eigenvalue weighted by atomic mass is 16.3. The van der Waals surface area contributed by atoms with E-state index in [0.717, 1.165) is 27.9 Å². The Kier molecular flexibility index (Phi) is 2.16. The van der Waals surface area contributed by atoms with Gasteiger partial charge in [0, 0.05) is 17.5 Å². The van der Waals surface area contributed by atoms with E-state index in [-0.39, 0.29) is 5.92 Å². The third-order valence-electron chi connectivity index (χ3n) is 3.21. The monoisotopic (exact) mass is 230 g/mol. The molecule has 3 rings (SSSR count). The lowest BCUT2D eigenvalue weighted by atomic mass is 10.1. The van der Waals surface area contributed by atoms with Crippen molar-refractivity contribution in [2.75, 3.05) is 0 Å². The van der Waals surface area contributed by atoms with Crippen LogP contribution >= 0.6 is 0 Å². The molecule has 3 N–H and O–H groups in total. The van der Waals surface area contributed by atoms with Crippen LogP contribution in [0.5, 0.6) is 0 Å². The van der Waals surface area contributed by atoms with Crippen LogP contribution in [0.25, 0.3) is 22.1 Å². The van der Waals surface area contributed by atoms with Gasteiger partial charge in [-0.2, -0.15) is 0 Å². The molecule has 0 radical (unpaired) electrons. The highest BCUT2D eigenvalue weighted by molar-refractivity contribution is 6.00. The maximum Gasteiger partial charge on any atom is 0.139 e. The molecule has 3 aromatic heterocycles. The zero-order chi connectivity index (χ0) is 12.0. The van der Waals surface area contributed by atoms with Gasteiger partial charge in [-0.1, -0.05) is 6.92 Å². The van der Waals surface area contributed by atoms with Gasteiger partial charge >= 0.3 is 0 Å². The molecule has 0 aliphatic rings. The van der Waals surface area contributed by atoms with Crippen LogP contribution in [0.2, 0.25) is 0 Å². The van der Waals surface area contributed by atoms with Gasteiger partial charge in [0.05, 0.1) is 17.8 Å². The Balaban J connectivity index is 2.24. The molecule has 5 heteroatoms. The Morgan fingerprint density at radius 2 is 2.18 bits per heavy atom. The van der Waals surface area contributed by atoms with Crippen LogP contribution in [0.4, 0.5) is 0 Å². The van der Waals surface area contributed by atoms with Crippen LogP contribution in [0.15, 0.2) is 18.5 Å². The molecule has 0 spiro atoms. The van der Waals surface area contributed by atoms with Crippen molar-refractivity contribution in [1.29, 1.82) is 0 Å². The second-order valence-electron chi connectivity index (χ2n) is 4.41. The summed E-state index contributed by atoms with van der Waals surface area (Å²) in [7, 11) is 0. The summed E-state index contributed by atoms with van der Waals surface area (Å²) in [5, 5.41) is 10.6. The lowest BCUT2D eigenvalue weighted by molar-refractivity contribution is 0.166. The molecule has 0 fully saturated rings. The average Bonchev–Trinajstić information content (AvgIpc) is 2.92. The van der Waals surface area contributed by atoms with Gasteiger partial charge in [-0.3, -0.25) is 0 Å². The minimum absolute atomic E-state index is 0.0172. The Labute approximate surface area is 97.9 Å². The van der Waals surface area contributed by atoms with Crippen molar-refractivity contribution in [3.05, 3.63) is 24.3 Å². The van der Waals surface area contributed by atoms with Gasteiger partial charge in [0.2, 0.25) is 0 Å². The summed E-state index contributed by atoms with van der Waals surface area (Å²) in [6, 6.07) is 1.96. The largest absolute Gasteiger partial charge is 0.393 e. The van der Waals surface area contributed by atoms with Gasteiger partial charge in [-0.15, -0.1) is 0 Å². The van der Waals surface area contributed by atoms with Crippen LogP contribution in [0.3, 0.4) is 0 Å². The number of aromatic amines is 2. The maximum atomic E-state index is 9.59. The lowest BCUT2D eigenvalue weighted by Gasteiger charge is -2.10. The van der Waals surface area contributed by atoms with E-state index in [1.54, 1.807) is 13.1 Å². The number of fused-ring (bicyclic) bond motifs is 3. The molecule has 0 aliphatic carbocycles. The van der Waals surface area contributed by atoms with Crippen LogP contribution in [-0.4, -0.2) is 31.1 Å². The van der Waals surface area contributed by atoms with Gasteiger partial charge in [0.15, 0.2) is 0 Å². The van der Waals surface area contributed by atoms with Crippen molar-refractivity contribution in [2.24, 2.45) is 0 Å². The molecular weight excluding hydrogens is 216 g/mol. The fourth-order valence-electron chi connectivity index (χ4n) is 1.94. The standard InChI is InChI=1S/C12H14N4O/c1-6(7(2)17)11-15-9-5-14-12-8(3-4-13-12)10(9)16-11/h3-7,17H,1-2H3,(H,13,14)(H,15,16). The maximum absolute atomic E-state index is 9.59. The highest BCUT2D eigenvalue weighted by Crippen LogP contribution is 2.24. The number of aromatic nitrogens is 4. The van der Waals surface area contributed by atoms with Crippen molar-refractivity contribution in [3.8, 4) is 0 Å². The summed E-state index contributed by atoms with van der Waals surface area (Å²) in [6.07, 6.45) is 3.19. The van der Waals surface area contributed by atoms with Gasteiger partial charge in [0.25, 0.3) is 0 Å². The first-order chi connectivity index (χ1) is 8.16. The van der Waals surface area contributed by atoms with E-state index in [9.17, 15) is 5.11 Å². The van der Waals surface area contributed by atoms with E-state index in [4.69, 9.17) is 0 Å². The van der Waals surface area contributed by atoms with E-state index < -0.39 is 6.10 Å². The second-order valence-corrected chi connectivity index (χ2v) is 4.41. The van der Waals surface area contributed by atoms with E-state index >= 15 is 0 Å². The van der Waals surface area contributed by atoms with Crippen molar-refractivity contribution in [1.82, 2.24) is 19.9 Å². The minimum atomic E-state index is -0.426. The Hall–Kier alpha value is -1.88. The van der Waals surface area contributed by atoms with Crippen LogP contribution in [0.1, 0.15) is 25.6 Å². The zero-order valence-corrected chi connectivity index (χ0v) is 9.73. The molecule has 2 atom stereocenters. The van der Waals surface area contributed by atoms with Gasteiger partial charge in [0.1, 0.15) is 17.0 Å². The number of hydrogen-bond donors (Lipinski definition) is 3. The summed E-state index contributed by atoms with van der Waals surface area (Å²) in [6.45, 7) is 3.71. The molecular formula is C12H14N4O. The molecule has 3 heterocycles. The van der Waals surface area contributed by atoms with Gasteiger partial charge in [-0.05, 0) is 13.0 Å². The van der Waals surface area contributed by atoms with E-state index in [1.165, 1.54) is 0 Å². The second kappa shape index (κ2) is 3.56. The van der Waals surface area contributed by atoms with E-state index in [0.29, 0.717) is 0 Å². The van der Waals surface area contributed by atoms with Crippen molar-refractivity contribution < 1.29 is 5.11 Å². The summed E-state index contributed by atoms with van der Waals surface area (Å²) >= 11 is 0. The van der Waals surface area contributed by atoms with Crippen molar-refractivity contribution >= 4 is 22.1 Å². The van der Waals surface area contributed by atoms with Crippen LogP contribution in [-0.2, 0) is 0 Å². The summed E-state index contributed by atoms with van der Waals surface area (Å²) in [5.41, 5.74) is 2.64. The zero-order valence-electron chi connectivity index (χ0n) is 9.73. The third kappa shape index (κ3) is 1.51. The molecule has 0 amide bonds. The third-order valence-corrected chi connectivity index (χ3v) is 3.21.